The van der Waals surface area contributed by atoms with E-state index in [-0.39, 0.29) is 42.9 Å². The highest BCUT2D eigenvalue weighted by molar-refractivity contribution is 7.11. The van der Waals surface area contributed by atoms with E-state index in [1.165, 1.54) is 0 Å². The van der Waals surface area contributed by atoms with E-state index in [2.05, 4.69) is 10.3 Å². The summed E-state index contributed by atoms with van der Waals surface area (Å²) in [5.74, 6) is -0.0450. The molecule has 2 rings (SSSR count). The van der Waals surface area contributed by atoms with Gasteiger partial charge in [-0.2, -0.15) is 0 Å². The highest BCUT2D eigenvalue weighted by Gasteiger charge is 2.29. The summed E-state index contributed by atoms with van der Waals surface area (Å²) in [6, 6.07) is 0. The van der Waals surface area contributed by atoms with Crippen LogP contribution >= 0.6 is 36.2 Å². The van der Waals surface area contributed by atoms with Crippen LogP contribution in [0.1, 0.15) is 28.4 Å². The number of rotatable bonds is 4. The molecule has 1 aromatic heterocycles. The SMILES string of the molecule is Cc1nc(C)c(CNC(=O)[C@@H]2CC[C@H](CN)O2)s1.Cl.Cl. The number of hydrogen-bond acceptors (Lipinski definition) is 5. The summed E-state index contributed by atoms with van der Waals surface area (Å²) in [6.07, 6.45) is 1.32. The standard InChI is InChI=1S/C12H19N3O2S.2ClH/c1-7-11(18-8(2)15-7)6-14-12(16)10-4-3-9(5-13)17-10;;/h9-10H,3-6,13H2,1-2H3,(H,14,16);2*1H/t9-,10+;;/m1../s1. The normalized spacial score (nSPS) is 20.9. The van der Waals surface area contributed by atoms with Gasteiger partial charge in [0.15, 0.2) is 0 Å². The summed E-state index contributed by atoms with van der Waals surface area (Å²) >= 11 is 1.62. The molecule has 0 aromatic carbocycles. The number of hydrogen-bond donors (Lipinski definition) is 2. The van der Waals surface area contributed by atoms with Crippen LogP contribution in [0.5, 0.6) is 0 Å². The van der Waals surface area contributed by atoms with E-state index in [4.69, 9.17) is 10.5 Å². The van der Waals surface area contributed by atoms with E-state index >= 15 is 0 Å². The van der Waals surface area contributed by atoms with E-state index < -0.39 is 0 Å². The Hall–Kier alpha value is -0.400. The maximum Gasteiger partial charge on any atom is 0.249 e. The highest BCUT2D eigenvalue weighted by Crippen LogP contribution is 2.20. The Morgan fingerprint density at radius 3 is 2.65 bits per heavy atom. The van der Waals surface area contributed by atoms with Crippen LogP contribution in [-0.2, 0) is 16.1 Å². The maximum atomic E-state index is 11.9. The minimum absolute atomic E-state index is 0. The number of aromatic nitrogens is 1. The second-order valence-electron chi connectivity index (χ2n) is 4.52. The minimum atomic E-state index is -0.340. The van der Waals surface area contributed by atoms with Gasteiger partial charge in [-0.3, -0.25) is 4.79 Å². The van der Waals surface area contributed by atoms with E-state index in [9.17, 15) is 4.79 Å². The fraction of sp³-hybridized carbons (Fsp3) is 0.667. The number of nitrogens with one attached hydrogen (secondary N) is 1. The van der Waals surface area contributed by atoms with Crippen LogP contribution in [-0.4, -0.2) is 29.6 Å². The number of nitrogens with two attached hydrogens (primary N) is 1. The molecule has 2 heterocycles. The molecule has 20 heavy (non-hydrogen) atoms. The lowest BCUT2D eigenvalue weighted by atomic mass is 10.2. The van der Waals surface area contributed by atoms with Crippen LogP contribution in [0.4, 0.5) is 0 Å². The molecule has 3 N–H and O–H groups in total. The molecule has 5 nitrogen and oxygen atoms in total. The largest absolute Gasteiger partial charge is 0.364 e. The van der Waals surface area contributed by atoms with Crippen LogP contribution in [0.2, 0.25) is 0 Å². The summed E-state index contributed by atoms with van der Waals surface area (Å²) in [6.45, 7) is 4.94. The van der Waals surface area contributed by atoms with Crippen LogP contribution < -0.4 is 11.1 Å². The van der Waals surface area contributed by atoms with Crippen molar-refractivity contribution in [1.82, 2.24) is 10.3 Å². The predicted octanol–water partition coefficient (Wildman–Crippen LogP) is 1.73. The number of thiazole rings is 1. The van der Waals surface area contributed by atoms with Gasteiger partial charge in [-0.1, -0.05) is 0 Å². The van der Waals surface area contributed by atoms with Crippen molar-refractivity contribution in [3.63, 3.8) is 0 Å². The average molecular weight is 342 g/mol. The number of amides is 1. The lowest BCUT2D eigenvalue weighted by molar-refractivity contribution is -0.132. The van der Waals surface area contributed by atoms with Gasteiger partial charge in [0.1, 0.15) is 6.10 Å². The Balaban J connectivity index is 0.00000180. The van der Waals surface area contributed by atoms with Crippen molar-refractivity contribution in [2.75, 3.05) is 6.54 Å². The molecular formula is C12H21Cl2N3O2S. The second-order valence-corrected chi connectivity index (χ2v) is 5.81. The lowest BCUT2D eigenvalue weighted by Gasteiger charge is -2.12. The molecule has 1 aliphatic heterocycles. The van der Waals surface area contributed by atoms with Gasteiger partial charge < -0.3 is 15.8 Å². The molecule has 1 saturated heterocycles. The Morgan fingerprint density at radius 2 is 2.15 bits per heavy atom. The molecule has 0 unspecified atom stereocenters. The topological polar surface area (TPSA) is 77.2 Å². The van der Waals surface area contributed by atoms with Gasteiger partial charge >= 0.3 is 0 Å². The van der Waals surface area contributed by atoms with Crippen molar-refractivity contribution in [2.24, 2.45) is 5.73 Å². The predicted molar refractivity (Wildman–Crippen MR) is 84.9 cm³/mol. The van der Waals surface area contributed by atoms with E-state index in [1.54, 1.807) is 11.3 Å². The van der Waals surface area contributed by atoms with E-state index in [0.717, 1.165) is 28.4 Å². The number of carbonyl (C=O) groups excluding carboxylic acids is 1. The van der Waals surface area contributed by atoms with Gasteiger partial charge in [-0.25, -0.2) is 4.98 Å². The van der Waals surface area contributed by atoms with Gasteiger partial charge in [0.2, 0.25) is 5.91 Å². The summed E-state index contributed by atoms with van der Waals surface area (Å²) in [4.78, 5) is 17.3. The first-order valence-electron chi connectivity index (χ1n) is 6.16. The summed E-state index contributed by atoms with van der Waals surface area (Å²) in [7, 11) is 0. The molecule has 8 heteroatoms. The van der Waals surface area contributed by atoms with Crippen molar-refractivity contribution in [3.05, 3.63) is 15.6 Å². The minimum Gasteiger partial charge on any atom is -0.364 e. The zero-order valence-electron chi connectivity index (χ0n) is 11.5. The lowest BCUT2D eigenvalue weighted by Crippen LogP contribution is -2.35. The van der Waals surface area contributed by atoms with Gasteiger partial charge in [0.05, 0.1) is 23.4 Å². The second kappa shape index (κ2) is 8.79. The first-order chi connectivity index (χ1) is 8.60. The number of ether oxygens (including phenoxy) is 1. The van der Waals surface area contributed by atoms with Crippen LogP contribution in [0.25, 0.3) is 0 Å². The Morgan fingerprint density at radius 1 is 1.45 bits per heavy atom. The molecule has 0 saturated carbocycles. The Bertz CT molecular complexity index is 442. The van der Waals surface area contributed by atoms with Gasteiger partial charge in [-0.05, 0) is 26.7 Å². The fourth-order valence-corrected chi connectivity index (χ4v) is 2.97. The van der Waals surface area contributed by atoms with E-state index in [1.807, 2.05) is 13.8 Å². The first-order valence-corrected chi connectivity index (χ1v) is 6.98. The number of carbonyl (C=O) groups is 1. The van der Waals surface area contributed by atoms with Gasteiger partial charge in [0.25, 0.3) is 0 Å². The molecule has 1 aliphatic rings. The molecule has 0 aliphatic carbocycles. The van der Waals surface area contributed by atoms with Crippen LogP contribution in [0.3, 0.4) is 0 Å². The van der Waals surface area contributed by atoms with Crippen LogP contribution in [0, 0.1) is 13.8 Å². The number of halogens is 2. The zero-order valence-corrected chi connectivity index (χ0v) is 14.0. The van der Waals surface area contributed by atoms with Crippen molar-refractivity contribution in [1.29, 1.82) is 0 Å². The number of aryl methyl sites for hydroxylation is 2. The molecule has 2 atom stereocenters. The maximum absolute atomic E-state index is 11.9. The summed E-state index contributed by atoms with van der Waals surface area (Å²) < 4.78 is 5.55. The monoisotopic (exact) mass is 341 g/mol. The smallest absolute Gasteiger partial charge is 0.249 e. The highest BCUT2D eigenvalue weighted by atomic mass is 35.5. The Kier molecular flexibility index (Phi) is 8.62. The van der Waals surface area contributed by atoms with Crippen molar-refractivity contribution in [2.45, 2.75) is 45.4 Å². The average Bonchev–Trinajstić information content (AvgIpc) is 2.93. The molecule has 1 aromatic rings. The van der Waals surface area contributed by atoms with Crippen LogP contribution in [0.15, 0.2) is 0 Å². The van der Waals surface area contributed by atoms with Crippen molar-refractivity contribution in [3.8, 4) is 0 Å². The molecule has 0 radical (unpaired) electrons. The van der Waals surface area contributed by atoms with Gasteiger partial charge in [-0.15, -0.1) is 36.2 Å². The molecule has 116 valence electrons. The first kappa shape index (κ1) is 19.6. The molecular weight excluding hydrogens is 321 g/mol. The third kappa shape index (κ3) is 4.86. The number of nitrogens with zero attached hydrogens (tertiary/aromatic N) is 1. The third-order valence-electron chi connectivity index (χ3n) is 3.09. The zero-order chi connectivity index (χ0) is 13.1. The fourth-order valence-electron chi connectivity index (χ4n) is 2.09. The summed E-state index contributed by atoms with van der Waals surface area (Å²) in [5.41, 5.74) is 6.51. The molecule has 0 bridgehead atoms. The van der Waals surface area contributed by atoms with Crippen molar-refractivity contribution >= 4 is 42.1 Å². The van der Waals surface area contributed by atoms with Crippen molar-refractivity contribution < 1.29 is 9.53 Å². The summed E-state index contributed by atoms with van der Waals surface area (Å²) in [5, 5.41) is 3.93. The molecule has 1 amide bonds. The third-order valence-corrected chi connectivity index (χ3v) is 4.16. The molecule has 0 spiro atoms. The van der Waals surface area contributed by atoms with Gasteiger partial charge in [0, 0.05) is 11.4 Å². The van der Waals surface area contributed by atoms with E-state index in [0.29, 0.717) is 13.1 Å². The quantitative estimate of drug-likeness (QED) is 0.874. The Labute approximate surface area is 135 Å². The molecule has 1 fully saturated rings.